The number of benzene rings is 3. The molecule has 3 rings (SSSR count). The topological polar surface area (TPSA) is 0 Å². The van der Waals surface area contributed by atoms with Gasteiger partial charge in [0, 0.05) is 0 Å². The first-order chi connectivity index (χ1) is 14.9. The average Bonchev–Trinajstić information content (AvgIpc) is 2.82. The zero-order chi connectivity index (χ0) is 20.9. The average molecular weight is 529 g/mol. The van der Waals surface area contributed by atoms with Crippen LogP contribution in [0, 0.1) is 0 Å². The molecule has 0 radical (unpaired) electrons. The molecule has 0 aliphatic rings. The Morgan fingerprint density at radius 1 is 0.433 bits per heavy atom. The van der Waals surface area contributed by atoms with E-state index in [2.05, 4.69) is 114 Å². The molecule has 0 N–H and O–H groups in total. The summed E-state index contributed by atoms with van der Waals surface area (Å²) in [6, 6.07) is 33.9. The smallest absolute Gasteiger partial charge is 0.0864 e. The van der Waals surface area contributed by atoms with Crippen molar-refractivity contribution < 1.29 is 0 Å². The summed E-state index contributed by atoms with van der Waals surface area (Å²) in [6.45, 7) is 0. The normalized spacial score (nSPS) is 11.5. The van der Waals surface area contributed by atoms with Crippen molar-refractivity contribution in [1.29, 1.82) is 0 Å². The minimum Gasteiger partial charge on any atom is -0.0864 e. The van der Waals surface area contributed by atoms with Crippen LogP contribution >= 0.6 is 29.9 Å². The van der Waals surface area contributed by atoms with E-state index in [0.29, 0.717) is 0 Å². The number of hydrogen-bond donors (Lipinski definition) is 0. The molecule has 0 bridgehead atoms. The number of alkyl halides is 1. The Bertz CT molecular complexity index is 720. The van der Waals surface area contributed by atoms with Crippen LogP contribution in [0.4, 0.5) is 0 Å². The fourth-order valence-corrected chi connectivity index (χ4v) is 9.34. The molecular formula is C28H35IP+. The van der Waals surface area contributed by atoms with Crippen molar-refractivity contribution in [2.45, 2.75) is 51.4 Å². The van der Waals surface area contributed by atoms with Crippen molar-refractivity contribution in [2.24, 2.45) is 0 Å². The van der Waals surface area contributed by atoms with E-state index in [-0.39, 0.29) is 0 Å². The Hall–Kier alpha value is -1.18. The van der Waals surface area contributed by atoms with Gasteiger partial charge in [0.25, 0.3) is 0 Å². The molecule has 0 unspecified atom stereocenters. The molecule has 3 aromatic rings. The molecule has 0 amide bonds. The summed E-state index contributed by atoms with van der Waals surface area (Å²) in [4.78, 5) is 0. The lowest BCUT2D eigenvalue weighted by Crippen LogP contribution is -2.33. The zero-order valence-corrected chi connectivity index (χ0v) is 21.1. The third-order valence-corrected chi connectivity index (χ3v) is 11.3. The number of hydrogen-bond acceptors (Lipinski definition) is 0. The second kappa shape index (κ2) is 13.3. The van der Waals surface area contributed by atoms with Crippen molar-refractivity contribution in [3.63, 3.8) is 0 Å². The Morgan fingerprint density at radius 3 is 1.13 bits per heavy atom. The molecule has 0 saturated heterocycles. The standard InChI is InChI=1S/C28H35IP/c29-24-16-5-3-1-2-4-6-17-25-30(26-18-10-7-11-19-26,27-20-12-8-13-21-27)28-22-14-9-15-23-28/h7-15,18-23H,1-6,16-17,24-25H2/q+1. The van der Waals surface area contributed by atoms with E-state index in [9.17, 15) is 0 Å². The maximum absolute atomic E-state index is 2.49. The summed E-state index contributed by atoms with van der Waals surface area (Å²) < 4.78 is 1.31. The molecular weight excluding hydrogens is 494 g/mol. The van der Waals surface area contributed by atoms with Gasteiger partial charge in [-0.05, 0) is 60.1 Å². The third kappa shape index (κ3) is 6.41. The largest absolute Gasteiger partial charge is 0.112 e. The summed E-state index contributed by atoms with van der Waals surface area (Å²) in [6.07, 6.45) is 12.3. The highest BCUT2D eigenvalue weighted by molar-refractivity contribution is 14.1. The van der Waals surface area contributed by atoms with E-state index in [1.54, 1.807) is 0 Å². The summed E-state index contributed by atoms with van der Waals surface area (Å²) in [5.41, 5.74) is 0. The molecule has 0 fully saturated rings. The number of halogens is 1. The second-order valence-electron chi connectivity index (χ2n) is 8.06. The van der Waals surface area contributed by atoms with Gasteiger partial charge in [-0.2, -0.15) is 0 Å². The Morgan fingerprint density at radius 2 is 0.767 bits per heavy atom. The number of rotatable bonds is 13. The van der Waals surface area contributed by atoms with Crippen molar-refractivity contribution in [3.8, 4) is 0 Å². The van der Waals surface area contributed by atoms with Gasteiger partial charge in [-0.3, -0.25) is 0 Å². The Balaban J connectivity index is 1.77. The highest BCUT2D eigenvalue weighted by atomic mass is 127. The van der Waals surface area contributed by atoms with E-state index in [0.717, 1.165) is 0 Å². The summed E-state index contributed by atoms with van der Waals surface area (Å²) >= 11 is 2.49. The van der Waals surface area contributed by atoms with Gasteiger partial charge < -0.3 is 0 Å². The predicted octanol–water partition coefficient (Wildman–Crippen LogP) is 7.54. The van der Waals surface area contributed by atoms with E-state index in [4.69, 9.17) is 0 Å². The van der Waals surface area contributed by atoms with Crippen LogP contribution in [-0.2, 0) is 0 Å². The van der Waals surface area contributed by atoms with Crippen LogP contribution in [-0.4, -0.2) is 10.6 Å². The summed E-state index contributed by atoms with van der Waals surface area (Å²) in [7, 11) is -1.62. The van der Waals surface area contributed by atoms with Gasteiger partial charge in [-0.1, -0.05) is 109 Å². The van der Waals surface area contributed by atoms with Crippen LogP contribution in [0.1, 0.15) is 51.4 Å². The van der Waals surface area contributed by atoms with E-state index < -0.39 is 7.26 Å². The van der Waals surface area contributed by atoms with E-state index >= 15 is 0 Å². The quantitative estimate of drug-likeness (QED) is 0.0929. The van der Waals surface area contributed by atoms with Crippen LogP contribution in [0.3, 0.4) is 0 Å². The highest BCUT2D eigenvalue weighted by Crippen LogP contribution is 2.55. The fraction of sp³-hybridized carbons (Fsp3) is 0.357. The minimum absolute atomic E-state index is 1.26. The Labute approximate surface area is 198 Å². The molecule has 0 spiro atoms. The van der Waals surface area contributed by atoms with Gasteiger partial charge in [-0.15, -0.1) is 0 Å². The molecule has 30 heavy (non-hydrogen) atoms. The van der Waals surface area contributed by atoms with Gasteiger partial charge in [0.05, 0.1) is 6.16 Å². The van der Waals surface area contributed by atoms with Crippen molar-refractivity contribution in [3.05, 3.63) is 91.0 Å². The lowest BCUT2D eigenvalue weighted by atomic mass is 10.1. The van der Waals surface area contributed by atoms with E-state index in [1.807, 2.05) is 0 Å². The molecule has 2 heteroatoms. The summed E-state index contributed by atoms with van der Waals surface area (Å²) in [5.74, 6) is 0. The minimum atomic E-state index is -1.62. The molecule has 0 saturated carbocycles. The van der Waals surface area contributed by atoms with Crippen LogP contribution < -0.4 is 15.9 Å². The third-order valence-electron chi connectivity index (χ3n) is 5.97. The van der Waals surface area contributed by atoms with Crippen LogP contribution in [0.15, 0.2) is 91.0 Å². The van der Waals surface area contributed by atoms with Gasteiger partial charge in [0.1, 0.15) is 23.2 Å². The molecule has 0 atom stereocenters. The molecule has 158 valence electrons. The molecule has 0 aliphatic heterocycles. The summed E-state index contributed by atoms with van der Waals surface area (Å²) in [5, 5.41) is 4.54. The van der Waals surface area contributed by atoms with Crippen LogP contribution in [0.2, 0.25) is 0 Å². The second-order valence-corrected chi connectivity index (χ2v) is 12.8. The van der Waals surface area contributed by atoms with Crippen LogP contribution in [0.5, 0.6) is 0 Å². The maximum atomic E-state index is 2.49. The fourth-order valence-electron chi connectivity index (χ4n) is 4.39. The molecule has 0 nitrogen and oxygen atoms in total. The zero-order valence-electron chi connectivity index (χ0n) is 18.1. The van der Waals surface area contributed by atoms with Crippen molar-refractivity contribution >= 4 is 45.8 Å². The lowest BCUT2D eigenvalue weighted by Gasteiger charge is -2.27. The molecule has 0 aromatic heterocycles. The van der Waals surface area contributed by atoms with Crippen LogP contribution in [0.25, 0.3) is 0 Å². The first kappa shape index (κ1) is 23.5. The first-order valence-electron chi connectivity index (χ1n) is 11.5. The van der Waals surface area contributed by atoms with E-state index in [1.165, 1.54) is 77.9 Å². The van der Waals surface area contributed by atoms with Crippen molar-refractivity contribution in [2.75, 3.05) is 10.6 Å². The van der Waals surface area contributed by atoms with Gasteiger partial charge in [0.15, 0.2) is 0 Å². The first-order valence-corrected chi connectivity index (χ1v) is 15.0. The molecule has 0 aliphatic carbocycles. The van der Waals surface area contributed by atoms with Gasteiger partial charge in [0.2, 0.25) is 0 Å². The lowest BCUT2D eigenvalue weighted by molar-refractivity contribution is 0.588. The maximum Gasteiger partial charge on any atom is 0.112 e. The number of unbranched alkanes of at least 4 members (excludes halogenated alkanes) is 7. The van der Waals surface area contributed by atoms with Gasteiger partial charge in [-0.25, -0.2) is 0 Å². The monoisotopic (exact) mass is 529 g/mol. The van der Waals surface area contributed by atoms with Crippen molar-refractivity contribution in [1.82, 2.24) is 0 Å². The predicted molar refractivity (Wildman–Crippen MR) is 146 cm³/mol. The SMILES string of the molecule is ICCCCCCCCCC[P+](c1ccccc1)(c1ccccc1)c1ccccc1. The molecule has 0 heterocycles. The highest BCUT2D eigenvalue weighted by Gasteiger charge is 2.44. The Kier molecular flexibility index (Phi) is 10.4. The van der Waals surface area contributed by atoms with Gasteiger partial charge >= 0.3 is 0 Å². The molecule has 3 aromatic carbocycles.